The van der Waals surface area contributed by atoms with E-state index in [9.17, 15) is 4.79 Å². The number of benzene rings is 1. The van der Waals surface area contributed by atoms with E-state index in [0.29, 0.717) is 30.3 Å². The molecule has 2 aliphatic carbocycles. The molecular weight excluding hydrogens is 320 g/mol. The van der Waals surface area contributed by atoms with Gasteiger partial charge in [0.1, 0.15) is 5.75 Å². The van der Waals surface area contributed by atoms with Crippen LogP contribution in [0.25, 0.3) is 0 Å². The first-order chi connectivity index (χ1) is 11.7. The lowest BCUT2D eigenvalue weighted by Crippen LogP contribution is -2.53. The highest BCUT2D eigenvalue weighted by molar-refractivity contribution is 7.99. The van der Waals surface area contributed by atoms with Gasteiger partial charge in [0.15, 0.2) is 0 Å². The van der Waals surface area contributed by atoms with Gasteiger partial charge in [-0.3, -0.25) is 4.79 Å². The molecule has 2 unspecified atom stereocenters. The molecular formula is C19H28N2O2S. The molecule has 2 aliphatic rings. The van der Waals surface area contributed by atoms with Crippen LogP contribution in [0.3, 0.4) is 0 Å². The lowest BCUT2D eigenvalue weighted by Gasteiger charge is -2.45. The summed E-state index contributed by atoms with van der Waals surface area (Å²) < 4.78 is 5.16. The zero-order chi connectivity index (χ0) is 16.9. The zero-order valence-corrected chi connectivity index (χ0v) is 15.2. The van der Waals surface area contributed by atoms with Crippen LogP contribution in [-0.4, -0.2) is 30.9 Å². The minimum Gasteiger partial charge on any atom is -0.497 e. The van der Waals surface area contributed by atoms with Gasteiger partial charge in [-0.25, -0.2) is 0 Å². The lowest BCUT2D eigenvalue weighted by atomic mass is 9.67. The van der Waals surface area contributed by atoms with Crippen LogP contribution in [0.4, 0.5) is 0 Å². The highest BCUT2D eigenvalue weighted by Gasteiger charge is 2.39. The number of methoxy groups -OCH3 is 1. The molecule has 2 saturated carbocycles. The Bertz CT molecular complexity index is 535. The van der Waals surface area contributed by atoms with Crippen LogP contribution >= 0.6 is 11.8 Å². The van der Waals surface area contributed by atoms with E-state index in [2.05, 4.69) is 5.32 Å². The van der Waals surface area contributed by atoms with Gasteiger partial charge in [0.2, 0.25) is 5.91 Å². The standard InChI is InChI=1S/C19H28N2O2S/c1-23-16-5-7-17(8-6-16)24-10-9-18(22)21-19-13-3-2-4-14(19)12-15(20)11-13/h5-8,13-15,19H,2-4,9-12,20H2,1H3,(H,21,22). The molecule has 1 aromatic rings. The van der Waals surface area contributed by atoms with Crippen LogP contribution < -0.4 is 15.8 Å². The first kappa shape index (κ1) is 17.6. The normalized spacial score (nSPS) is 29.1. The Balaban J connectivity index is 1.43. The summed E-state index contributed by atoms with van der Waals surface area (Å²) >= 11 is 1.72. The molecule has 4 nitrogen and oxygen atoms in total. The molecule has 2 bridgehead atoms. The molecule has 3 rings (SSSR count). The number of carbonyl (C=O) groups is 1. The highest BCUT2D eigenvalue weighted by atomic mass is 32.2. The van der Waals surface area contributed by atoms with Gasteiger partial charge in [-0.15, -0.1) is 11.8 Å². The molecule has 0 heterocycles. The summed E-state index contributed by atoms with van der Waals surface area (Å²) in [7, 11) is 1.67. The molecule has 0 aliphatic heterocycles. The Morgan fingerprint density at radius 1 is 1.25 bits per heavy atom. The number of ether oxygens (including phenoxy) is 1. The molecule has 2 fully saturated rings. The molecule has 0 aromatic heterocycles. The SMILES string of the molecule is COc1ccc(SCCC(=O)NC2C3CCCC2CC(N)C3)cc1. The van der Waals surface area contributed by atoms with E-state index >= 15 is 0 Å². The first-order valence-corrected chi connectivity index (χ1v) is 9.96. The summed E-state index contributed by atoms with van der Waals surface area (Å²) in [6.45, 7) is 0. The van der Waals surface area contributed by atoms with Gasteiger partial charge in [0, 0.05) is 29.2 Å². The van der Waals surface area contributed by atoms with Crippen LogP contribution in [0, 0.1) is 11.8 Å². The Morgan fingerprint density at radius 3 is 2.54 bits per heavy atom. The van der Waals surface area contributed by atoms with Gasteiger partial charge in [-0.2, -0.15) is 0 Å². The van der Waals surface area contributed by atoms with E-state index < -0.39 is 0 Å². The summed E-state index contributed by atoms with van der Waals surface area (Å²) in [5.41, 5.74) is 6.16. The molecule has 1 aromatic carbocycles. The summed E-state index contributed by atoms with van der Waals surface area (Å²) in [5, 5.41) is 3.32. The van der Waals surface area contributed by atoms with Crippen molar-refractivity contribution in [1.29, 1.82) is 0 Å². The third kappa shape index (κ3) is 4.45. The molecule has 0 saturated heterocycles. The van der Waals surface area contributed by atoms with Crippen molar-refractivity contribution in [2.75, 3.05) is 12.9 Å². The van der Waals surface area contributed by atoms with Crippen molar-refractivity contribution < 1.29 is 9.53 Å². The summed E-state index contributed by atoms with van der Waals surface area (Å²) in [6.07, 6.45) is 6.44. The van der Waals surface area contributed by atoms with Gasteiger partial charge in [-0.1, -0.05) is 6.42 Å². The average molecular weight is 349 g/mol. The third-order valence-corrected chi connectivity index (χ3v) is 6.38. The summed E-state index contributed by atoms with van der Waals surface area (Å²) in [4.78, 5) is 13.5. The fourth-order valence-electron chi connectivity index (χ4n) is 4.22. The van der Waals surface area contributed by atoms with E-state index in [1.807, 2.05) is 24.3 Å². The van der Waals surface area contributed by atoms with Crippen LogP contribution in [0.1, 0.15) is 38.5 Å². The number of hydrogen-bond donors (Lipinski definition) is 2. The summed E-state index contributed by atoms with van der Waals surface area (Å²) in [5.74, 6) is 3.03. The quantitative estimate of drug-likeness (QED) is 0.775. The fourth-order valence-corrected chi connectivity index (χ4v) is 5.07. The number of hydrogen-bond acceptors (Lipinski definition) is 4. The van der Waals surface area contributed by atoms with Gasteiger partial charge in [-0.05, 0) is 61.8 Å². The fraction of sp³-hybridized carbons (Fsp3) is 0.632. The van der Waals surface area contributed by atoms with Crippen molar-refractivity contribution in [2.45, 2.75) is 55.5 Å². The maximum atomic E-state index is 12.3. The van der Waals surface area contributed by atoms with Gasteiger partial charge >= 0.3 is 0 Å². The minimum atomic E-state index is 0.188. The number of nitrogens with one attached hydrogen (secondary N) is 1. The number of carbonyl (C=O) groups excluding carboxylic acids is 1. The predicted molar refractivity (Wildman–Crippen MR) is 98.3 cm³/mol. The number of nitrogens with two attached hydrogens (primary N) is 1. The second-order valence-corrected chi connectivity index (χ2v) is 8.22. The largest absolute Gasteiger partial charge is 0.497 e. The van der Waals surface area contributed by atoms with E-state index in [0.717, 1.165) is 24.3 Å². The molecule has 5 heteroatoms. The van der Waals surface area contributed by atoms with Crippen LogP contribution in [0.15, 0.2) is 29.2 Å². The van der Waals surface area contributed by atoms with Gasteiger partial charge in [0.05, 0.1) is 7.11 Å². The monoisotopic (exact) mass is 348 g/mol. The van der Waals surface area contributed by atoms with Crippen molar-refractivity contribution in [1.82, 2.24) is 5.32 Å². The van der Waals surface area contributed by atoms with Crippen LogP contribution in [-0.2, 0) is 4.79 Å². The number of thioether (sulfide) groups is 1. The second-order valence-electron chi connectivity index (χ2n) is 7.05. The van der Waals surface area contributed by atoms with Gasteiger partial charge in [0.25, 0.3) is 0 Å². The summed E-state index contributed by atoms with van der Waals surface area (Å²) in [6, 6.07) is 8.67. The van der Waals surface area contributed by atoms with Crippen LogP contribution in [0.2, 0.25) is 0 Å². The Labute approximate surface area is 148 Å². The Morgan fingerprint density at radius 2 is 1.92 bits per heavy atom. The van der Waals surface area contributed by atoms with Gasteiger partial charge < -0.3 is 15.8 Å². The minimum absolute atomic E-state index is 0.188. The third-order valence-electron chi connectivity index (χ3n) is 5.36. The molecule has 0 radical (unpaired) electrons. The molecule has 132 valence electrons. The number of amides is 1. The second kappa shape index (κ2) is 8.26. The van der Waals surface area contributed by atoms with E-state index in [-0.39, 0.29) is 5.91 Å². The predicted octanol–water partition coefficient (Wildman–Crippen LogP) is 3.20. The molecule has 1 amide bonds. The smallest absolute Gasteiger partial charge is 0.221 e. The average Bonchev–Trinajstić information content (AvgIpc) is 2.56. The van der Waals surface area contributed by atoms with Crippen LogP contribution in [0.5, 0.6) is 5.75 Å². The van der Waals surface area contributed by atoms with E-state index in [1.54, 1.807) is 18.9 Å². The van der Waals surface area contributed by atoms with Crippen molar-refractivity contribution in [2.24, 2.45) is 17.6 Å². The van der Waals surface area contributed by atoms with Crippen molar-refractivity contribution in [3.05, 3.63) is 24.3 Å². The molecule has 3 N–H and O–H groups in total. The topological polar surface area (TPSA) is 64.3 Å². The molecule has 24 heavy (non-hydrogen) atoms. The number of rotatable bonds is 6. The van der Waals surface area contributed by atoms with E-state index in [1.165, 1.54) is 24.2 Å². The van der Waals surface area contributed by atoms with Crippen molar-refractivity contribution in [3.63, 3.8) is 0 Å². The maximum Gasteiger partial charge on any atom is 0.221 e. The molecule has 0 spiro atoms. The number of fused-ring (bicyclic) bond motifs is 2. The maximum absolute atomic E-state index is 12.3. The first-order valence-electron chi connectivity index (χ1n) is 8.97. The Hall–Kier alpha value is -1.20. The molecule has 2 atom stereocenters. The van der Waals surface area contributed by atoms with Crippen molar-refractivity contribution >= 4 is 17.7 Å². The highest BCUT2D eigenvalue weighted by Crippen LogP contribution is 2.39. The van der Waals surface area contributed by atoms with Crippen molar-refractivity contribution in [3.8, 4) is 5.75 Å². The lowest BCUT2D eigenvalue weighted by molar-refractivity contribution is -0.123. The zero-order valence-electron chi connectivity index (χ0n) is 14.4. The van der Waals surface area contributed by atoms with E-state index in [4.69, 9.17) is 10.5 Å². The Kier molecular flexibility index (Phi) is 6.06.